The molecule has 1 unspecified atom stereocenters. The molecular weight excluding hydrogens is 232 g/mol. The van der Waals surface area contributed by atoms with Crippen molar-refractivity contribution in [3.63, 3.8) is 0 Å². The molecular formula is C8H8N4O3S. The Hall–Kier alpha value is -1.83. The molecule has 1 aromatic heterocycles. The summed E-state index contributed by atoms with van der Waals surface area (Å²) in [7, 11) is 0. The number of nitrogens with zero attached hydrogens (tertiary/aromatic N) is 3. The minimum Gasteiger partial charge on any atom is -0.317 e. The van der Waals surface area contributed by atoms with E-state index in [1.54, 1.807) is 6.92 Å². The number of imide groups is 1. The van der Waals surface area contributed by atoms with Crippen LogP contribution in [0.15, 0.2) is 6.20 Å². The van der Waals surface area contributed by atoms with E-state index in [1.807, 2.05) is 0 Å². The number of rotatable bonds is 1. The SMILES string of the molecule is CC1C(=O)NC(=O)CN1C(=O)c1cnns1. The van der Waals surface area contributed by atoms with Crippen LogP contribution >= 0.6 is 11.5 Å². The fraction of sp³-hybridized carbons (Fsp3) is 0.375. The maximum atomic E-state index is 11.9. The summed E-state index contributed by atoms with van der Waals surface area (Å²) in [4.78, 5) is 35.9. The second kappa shape index (κ2) is 3.97. The first-order chi connectivity index (χ1) is 7.59. The maximum Gasteiger partial charge on any atom is 0.268 e. The first-order valence-corrected chi connectivity index (χ1v) is 5.29. The summed E-state index contributed by atoms with van der Waals surface area (Å²) in [6.45, 7) is 1.44. The molecule has 0 aromatic carbocycles. The third-order valence-corrected chi connectivity index (χ3v) is 2.91. The van der Waals surface area contributed by atoms with Crippen molar-refractivity contribution in [1.29, 1.82) is 0 Å². The highest BCUT2D eigenvalue weighted by Crippen LogP contribution is 2.12. The van der Waals surface area contributed by atoms with Gasteiger partial charge in [-0.15, -0.1) is 5.10 Å². The standard InChI is InChI=1S/C8H8N4O3S/c1-4-7(14)10-6(13)3-12(4)8(15)5-2-9-11-16-5/h2,4H,3H2,1H3,(H,10,13,14). The van der Waals surface area contributed by atoms with Crippen molar-refractivity contribution in [1.82, 2.24) is 19.8 Å². The molecule has 2 rings (SSSR count). The molecule has 3 amide bonds. The summed E-state index contributed by atoms with van der Waals surface area (Å²) in [5.74, 6) is -1.35. The number of hydrogen-bond acceptors (Lipinski definition) is 6. The van der Waals surface area contributed by atoms with Gasteiger partial charge in [-0.05, 0) is 18.5 Å². The first kappa shape index (κ1) is 10.7. The lowest BCUT2D eigenvalue weighted by atomic mass is 10.2. The third kappa shape index (κ3) is 1.78. The molecule has 8 heteroatoms. The van der Waals surface area contributed by atoms with Crippen LogP contribution in [0.3, 0.4) is 0 Å². The number of aromatic nitrogens is 2. The lowest BCUT2D eigenvalue weighted by Gasteiger charge is -2.30. The van der Waals surface area contributed by atoms with Gasteiger partial charge in [-0.3, -0.25) is 19.7 Å². The lowest BCUT2D eigenvalue weighted by Crippen LogP contribution is -2.58. The predicted octanol–water partition coefficient (Wildman–Crippen LogP) is -0.975. The molecule has 0 bridgehead atoms. The zero-order chi connectivity index (χ0) is 11.7. The van der Waals surface area contributed by atoms with Crippen molar-refractivity contribution < 1.29 is 14.4 Å². The summed E-state index contributed by atoms with van der Waals surface area (Å²) in [6, 6.07) is -0.660. The van der Waals surface area contributed by atoms with Crippen LogP contribution < -0.4 is 5.32 Å². The molecule has 1 saturated heterocycles. The van der Waals surface area contributed by atoms with Gasteiger partial charge in [0, 0.05) is 0 Å². The fourth-order valence-corrected chi connectivity index (χ4v) is 1.84. The van der Waals surface area contributed by atoms with Crippen LogP contribution in [0.2, 0.25) is 0 Å². The Morgan fingerprint density at radius 2 is 2.38 bits per heavy atom. The molecule has 1 aliphatic heterocycles. The van der Waals surface area contributed by atoms with Crippen LogP contribution in [-0.2, 0) is 9.59 Å². The van der Waals surface area contributed by atoms with E-state index in [0.717, 1.165) is 11.5 Å². The molecule has 0 spiro atoms. The summed E-state index contributed by atoms with van der Waals surface area (Å²) in [5.41, 5.74) is 0. The second-order valence-corrected chi connectivity index (χ2v) is 4.09. The number of piperazine rings is 1. The van der Waals surface area contributed by atoms with Gasteiger partial charge in [-0.25, -0.2) is 0 Å². The molecule has 1 N–H and O–H groups in total. The van der Waals surface area contributed by atoms with Crippen molar-refractivity contribution in [2.24, 2.45) is 0 Å². The molecule has 84 valence electrons. The van der Waals surface area contributed by atoms with Gasteiger partial charge in [0.2, 0.25) is 11.8 Å². The van der Waals surface area contributed by atoms with Crippen LogP contribution in [0.25, 0.3) is 0 Å². The second-order valence-electron chi connectivity index (χ2n) is 3.30. The molecule has 16 heavy (non-hydrogen) atoms. The van der Waals surface area contributed by atoms with Gasteiger partial charge in [0.05, 0.1) is 6.20 Å². The number of hydrogen-bond donors (Lipinski definition) is 1. The van der Waals surface area contributed by atoms with Gasteiger partial charge in [0.25, 0.3) is 5.91 Å². The van der Waals surface area contributed by atoms with Crippen LogP contribution in [-0.4, -0.2) is 44.8 Å². The molecule has 0 saturated carbocycles. The normalized spacial score (nSPS) is 20.8. The highest BCUT2D eigenvalue weighted by atomic mass is 32.1. The van der Waals surface area contributed by atoms with E-state index in [2.05, 4.69) is 14.9 Å². The lowest BCUT2D eigenvalue weighted by molar-refractivity contribution is -0.138. The van der Waals surface area contributed by atoms with Gasteiger partial charge in [-0.2, -0.15) is 0 Å². The largest absolute Gasteiger partial charge is 0.317 e. The predicted molar refractivity (Wildman–Crippen MR) is 53.6 cm³/mol. The Balaban J connectivity index is 2.23. The van der Waals surface area contributed by atoms with Gasteiger partial charge >= 0.3 is 0 Å². The van der Waals surface area contributed by atoms with Gasteiger partial charge < -0.3 is 4.90 Å². The summed E-state index contributed by atoms with van der Waals surface area (Å²) in [6.07, 6.45) is 1.32. The van der Waals surface area contributed by atoms with Gasteiger partial charge in [0.15, 0.2) is 0 Å². The Morgan fingerprint density at radius 1 is 1.62 bits per heavy atom. The summed E-state index contributed by atoms with van der Waals surface area (Å²) < 4.78 is 3.56. The zero-order valence-electron chi connectivity index (χ0n) is 8.34. The van der Waals surface area contributed by atoms with E-state index < -0.39 is 23.8 Å². The first-order valence-electron chi connectivity index (χ1n) is 4.51. The Morgan fingerprint density at radius 3 is 3.00 bits per heavy atom. The molecule has 1 fully saturated rings. The summed E-state index contributed by atoms with van der Waals surface area (Å²) >= 11 is 0.934. The van der Waals surface area contributed by atoms with Crippen LogP contribution in [0, 0.1) is 0 Å². The monoisotopic (exact) mass is 240 g/mol. The Kier molecular flexibility index (Phi) is 2.65. The maximum absolute atomic E-state index is 11.9. The van der Waals surface area contributed by atoms with Crippen LogP contribution in [0.5, 0.6) is 0 Å². The van der Waals surface area contributed by atoms with Gasteiger partial charge in [-0.1, -0.05) is 4.49 Å². The molecule has 0 radical (unpaired) electrons. The van der Waals surface area contributed by atoms with E-state index in [-0.39, 0.29) is 6.54 Å². The van der Waals surface area contributed by atoms with E-state index in [0.29, 0.717) is 4.88 Å². The zero-order valence-corrected chi connectivity index (χ0v) is 9.15. The Bertz CT molecular complexity index is 444. The molecule has 1 aromatic rings. The van der Waals surface area contributed by atoms with Crippen molar-refractivity contribution in [2.45, 2.75) is 13.0 Å². The highest BCUT2D eigenvalue weighted by Gasteiger charge is 2.34. The van der Waals surface area contributed by atoms with Crippen molar-refractivity contribution in [3.8, 4) is 0 Å². The number of nitrogens with one attached hydrogen (secondary N) is 1. The highest BCUT2D eigenvalue weighted by molar-refractivity contribution is 7.07. The topological polar surface area (TPSA) is 92.3 Å². The van der Waals surface area contributed by atoms with E-state index >= 15 is 0 Å². The van der Waals surface area contributed by atoms with Crippen molar-refractivity contribution in [3.05, 3.63) is 11.1 Å². The quantitative estimate of drug-likeness (QED) is 0.637. The number of carbonyl (C=O) groups is 3. The average molecular weight is 240 g/mol. The van der Waals surface area contributed by atoms with Crippen LogP contribution in [0.1, 0.15) is 16.6 Å². The minimum atomic E-state index is -0.660. The van der Waals surface area contributed by atoms with Gasteiger partial charge in [0.1, 0.15) is 17.5 Å². The van der Waals surface area contributed by atoms with E-state index in [1.165, 1.54) is 11.1 Å². The van der Waals surface area contributed by atoms with Crippen molar-refractivity contribution in [2.75, 3.05) is 6.54 Å². The molecule has 2 heterocycles. The summed E-state index contributed by atoms with van der Waals surface area (Å²) in [5, 5.41) is 5.70. The fourth-order valence-electron chi connectivity index (χ4n) is 1.37. The molecule has 1 atom stereocenters. The van der Waals surface area contributed by atoms with E-state index in [4.69, 9.17) is 0 Å². The smallest absolute Gasteiger partial charge is 0.268 e. The van der Waals surface area contributed by atoms with Crippen molar-refractivity contribution >= 4 is 29.3 Å². The molecule has 1 aliphatic rings. The third-order valence-electron chi connectivity index (χ3n) is 2.26. The minimum absolute atomic E-state index is 0.121. The number of carbonyl (C=O) groups excluding carboxylic acids is 3. The van der Waals surface area contributed by atoms with E-state index in [9.17, 15) is 14.4 Å². The van der Waals surface area contributed by atoms with Crippen LogP contribution in [0.4, 0.5) is 0 Å². The molecule has 0 aliphatic carbocycles. The average Bonchev–Trinajstić information content (AvgIpc) is 2.75. The molecule has 7 nitrogen and oxygen atoms in total. The number of amides is 3. The Labute approximate surface area is 94.6 Å².